The van der Waals surface area contributed by atoms with Gasteiger partial charge in [0.05, 0.1) is 12.1 Å². The summed E-state index contributed by atoms with van der Waals surface area (Å²) >= 11 is 0. The summed E-state index contributed by atoms with van der Waals surface area (Å²) in [5, 5.41) is 3.32. The van der Waals surface area contributed by atoms with Crippen LogP contribution in [0.3, 0.4) is 0 Å². The second-order valence-electron chi connectivity index (χ2n) is 4.29. The minimum Gasteiger partial charge on any atom is -0.370 e. The highest BCUT2D eigenvalue weighted by atomic mass is 15.2. The first-order chi connectivity index (χ1) is 5.70. The molecule has 0 saturated heterocycles. The molecule has 0 bridgehead atoms. The van der Waals surface area contributed by atoms with E-state index in [4.69, 9.17) is 5.73 Å². The molecule has 68 valence electrons. The van der Waals surface area contributed by atoms with Crippen molar-refractivity contribution >= 4 is 5.96 Å². The van der Waals surface area contributed by atoms with Gasteiger partial charge in [0.2, 0.25) is 0 Å². The van der Waals surface area contributed by atoms with Crippen molar-refractivity contribution in [1.82, 2.24) is 5.32 Å². The van der Waals surface area contributed by atoms with Gasteiger partial charge in [-0.1, -0.05) is 6.92 Å². The molecule has 1 aliphatic heterocycles. The third kappa shape index (κ3) is 1.28. The maximum atomic E-state index is 5.61. The predicted octanol–water partition coefficient (Wildman–Crippen LogP) is 0.853. The molecule has 0 aromatic carbocycles. The van der Waals surface area contributed by atoms with Crippen molar-refractivity contribution in [3.8, 4) is 0 Å². The molecule has 0 aromatic rings. The smallest absolute Gasteiger partial charge is 0.189 e. The summed E-state index contributed by atoms with van der Waals surface area (Å²) in [6.07, 6.45) is 5.10. The van der Waals surface area contributed by atoms with E-state index >= 15 is 0 Å². The minimum atomic E-state index is 0.247. The molecule has 1 saturated carbocycles. The summed E-state index contributed by atoms with van der Waals surface area (Å²) in [5.41, 5.74) is 5.86. The Balaban J connectivity index is 1.97. The number of aliphatic imine (C=N–C) groups is 1. The Kier molecular flexibility index (Phi) is 1.74. The molecule has 2 aliphatic rings. The van der Waals surface area contributed by atoms with Gasteiger partial charge in [-0.15, -0.1) is 0 Å². The summed E-state index contributed by atoms with van der Waals surface area (Å²) in [6.45, 7) is 3.22. The third-order valence-electron chi connectivity index (χ3n) is 3.18. The summed E-state index contributed by atoms with van der Waals surface area (Å²) < 4.78 is 0. The van der Waals surface area contributed by atoms with Gasteiger partial charge in [0.15, 0.2) is 5.96 Å². The quantitative estimate of drug-likeness (QED) is 0.562. The lowest BCUT2D eigenvalue weighted by molar-refractivity contribution is 0.239. The molecule has 3 heteroatoms. The van der Waals surface area contributed by atoms with Crippen LogP contribution in [0.2, 0.25) is 0 Å². The highest BCUT2D eigenvalue weighted by Crippen LogP contribution is 2.33. The fourth-order valence-electron chi connectivity index (χ4n) is 2.19. The van der Waals surface area contributed by atoms with E-state index in [9.17, 15) is 0 Å². The van der Waals surface area contributed by atoms with E-state index in [2.05, 4.69) is 17.2 Å². The Morgan fingerprint density at radius 1 is 1.50 bits per heavy atom. The summed E-state index contributed by atoms with van der Waals surface area (Å²) in [5.74, 6) is 1.53. The lowest BCUT2D eigenvalue weighted by Crippen LogP contribution is -2.49. The number of nitrogens with two attached hydrogens (primary N) is 1. The van der Waals surface area contributed by atoms with Crippen LogP contribution in [0.4, 0.5) is 0 Å². The van der Waals surface area contributed by atoms with Crippen molar-refractivity contribution in [1.29, 1.82) is 0 Å². The van der Waals surface area contributed by atoms with E-state index in [0.29, 0.717) is 5.96 Å². The molecule has 0 radical (unpaired) electrons. The van der Waals surface area contributed by atoms with Gasteiger partial charge in [-0.25, -0.2) is 0 Å². The fraction of sp³-hybridized carbons (Fsp3) is 0.889. The van der Waals surface area contributed by atoms with Crippen LogP contribution in [0, 0.1) is 5.92 Å². The lowest BCUT2D eigenvalue weighted by Gasteiger charge is -2.35. The Bertz CT molecular complexity index is 202. The Morgan fingerprint density at radius 3 is 2.67 bits per heavy atom. The molecule has 0 amide bonds. The van der Waals surface area contributed by atoms with Crippen molar-refractivity contribution in [2.24, 2.45) is 16.6 Å². The van der Waals surface area contributed by atoms with Crippen LogP contribution in [0.15, 0.2) is 4.99 Å². The Hall–Kier alpha value is -0.730. The van der Waals surface area contributed by atoms with Crippen LogP contribution in [0.5, 0.6) is 0 Å². The normalized spacial score (nSPS) is 41.1. The van der Waals surface area contributed by atoms with E-state index in [0.717, 1.165) is 12.5 Å². The topological polar surface area (TPSA) is 50.4 Å². The third-order valence-corrected chi connectivity index (χ3v) is 3.18. The molecular weight excluding hydrogens is 150 g/mol. The first kappa shape index (κ1) is 7.90. The number of rotatable bonds is 0. The van der Waals surface area contributed by atoms with Crippen molar-refractivity contribution in [2.75, 3.05) is 6.54 Å². The first-order valence-electron chi connectivity index (χ1n) is 4.78. The van der Waals surface area contributed by atoms with Crippen molar-refractivity contribution in [2.45, 2.75) is 38.1 Å². The van der Waals surface area contributed by atoms with Crippen LogP contribution in [0.25, 0.3) is 0 Å². The molecule has 1 spiro atoms. The average molecular weight is 167 g/mol. The number of nitrogens with zero attached hydrogens (tertiary/aromatic N) is 1. The van der Waals surface area contributed by atoms with Crippen molar-refractivity contribution in [3.05, 3.63) is 0 Å². The Labute approximate surface area is 73.4 Å². The van der Waals surface area contributed by atoms with Gasteiger partial charge in [0, 0.05) is 0 Å². The molecule has 12 heavy (non-hydrogen) atoms. The van der Waals surface area contributed by atoms with E-state index in [-0.39, 0.29) is 5.54 Å². The van der Waals surface area contributed by atoms with E-state index in [1.807, 2.05) is 0 Å². The number of hydrogen-bond donors (Lipinski definition) is 2. The number of guanidine groups is 1. The molecule has 1 aliphatic carbocycles. The van der Waals surface area contributed by atoms with Crippen molar-refractivity contribution in [3.63, 3.8) is 0 Å². The van der Waals surface area contributed by atoms with Crippen LogP contribution in [0.1, 0.15) is 32.6 Å². The SMILES string of the molecule is CC1CCC2(CC1)CN=C(N)N2. The molecule has 0 unspecified atom stereocenters. The summed E-state index contributed by atoms with van der Waals surface area (Å²) in [6, 6.07) is 0. The second kappa shape index (κ2) is 2.64. The molecule has 0 aromatic heterocycles. The summed E-state index contributed by atoms with van der Waals surface area (Å²) in [4.78, 5) is 4.22. The zero-order chi connectivity index (χ0) is 8.60. The maximum absolute atomic E-state index is 5.61. The predicted molar refractivity (Wildman–Crippen MR) is 50.0 cm³/mol. The van der Waals surface area contributed by atoms with Gasteiger partial charge in [0.1, 0.15) is 0 Å². The highest BCUT2D eigenvalue weighted by molar-refractivity contribution is 5.80. The molecular formula is C9H17N3. The summed E-state index contributed by atoms with van der Waals surface area (Å²) in [7, 11) is 0. The number of nitrogens with one attached hydrogen (secondary N) is 1. The van der Waals surface area contributed by atoms with Gasteiger partial charge in [-0.2, -0.15) is 0 Å². The van der Waals surface area contributed by atoms with E-state index in [1.54, 1.807) is 0 Å². The fourth-order valence-corrected chi connectivity index (χ4v) is 2.19. The van der Waals surface area contributed by atoms with Crippen molar-refractivity contribution < 1.29 is 0 Å². The zero-order valence-corrected chi connectivity index (χ0v) is 7.64. The van der Waals surface area contributed by atoms with Gasteiger partial charge >= 0.3 is 0 Å². The molecule has 3 nitrogen and oxygen atoms in total. The zero-order valence-electron chi connectivity index (χ0n) is 7.64. The second-order valence-corrected chi connectivity index (χ2v) is 4.29. The molecule has 0 atom stereocenters. The van der Waals surface area contributed by atoms with Gasteiger partial charge in [0.25, 0.3) is 0 Å². The minimum absolute atomic E-state index is 0.247. The van der Waals surface area contributed by atoms with Gasteiger partial charge in [-0.3, -0.25) is 4.99 Å². The lowest BCUT2D eigenvalue weighted by atomic mass is 9.77. The highest BCUT2D eigenvalue weighted by Gasteiger charge is 2.37. The van der Waals surface area contributed by atoms with Crippen LogP contribution in [-0.2, 0) is 0 Å². The maximum Gasteiger partial charge on any atom is 0.189 e. The standard InChI is InChI=1S/C9H17N3/c1-7-2-4-9(5-3-7)6-11-8(10)12-9/h7H,2-6H2,1H3,(H3,10,11,12). The number of hydrogen-bond acceptors (Lipinski definition) is 3. The molecule has 2 rings (SSSR count). The van der Waals surface area contributed by atoms with E-state index in [1.165, 1.54) is 25.7 Å². The van der Waals surface area contributed by atoms with E-state index < -0.39 is 0 Å². The Morgan fingerprint density at radius 2 is 2.17 bits per heavy atom. The molecule has 1 fully saturated rings. The average Bonchev–Trinajstić information content (AvgIpc) is 2.40. The van der Waals surface area contributed by atoms with Gasteiger partial charge < -0.3 is 11.1 Å². The largest absolute Gasteiger partial charge is 0.370 e. The molecule has 1 heterocycles. The molecule has 3 N–H and O–H groups in total. The van der Waals surface area contributed by atoms with Gasteiger partial charge in [-0.05, 0) is 31.6 Å². The monoisotopic (exact) mass is 167 g/mol. The first-order valence-corrected chi connectivity index (χ1v) is 4.78. The van der Waals surface area contributed by atoms with Crippen LogP contribution >= 0.6 is 0 Å². The van der Waals surface area contributed by atoms with Crippen LogP contribution in [-0.4, -0.2) is 18.0 Å². The van der Waals surface area contributed by atoms with Crippen LogP contribution < -0.4 is 11.1 Å².